The highest BCUT2D eigenvalue weighted by Crippen LogP contribution is 2.06. The Morgan fingerprint density at radius 1 is 1.30 bits per heavy atom. The molecule has 1 aromatic rings. The van der Waals surface area contributed by atoms with Crippen molar-refractivity contribution in [2.24, 2.45) is 0 Å². The van der Waals surface area contributed by atoms with Crippen LogP contribution in [0.1, 0.15) is 10.5 Å². The molecule has 0 saturated carbocycles. The second-order valence-corrected chi connectivity index (χ2v) is 4.64. The third kappa shape index (κ3) is 4.75. The van der Waals surface area contributed by atoms with Gasteiger partial charge in [-0.3, -0.25) is 9.59 Å². The number of hydrogen-bond donors (Lipinski definition) is 0. The Kier molecular flexibility index (Phi) is 6.33. The van der Waals surface area contributed by atoms with E-state index in [1.165, 1.54) is 29.0 Å². The fourth-order valence-corrected chi connectivity index (χ4v) is 1.45. The summed E-state index contributed by atoms with van der Waals surface area (Å²) in [5.41, 5.74) is 0.136. The van der Waals surface area contributed by atoms with Gasteiger partial charge in [-0.05, 0) is 12.1 Å². The maximum atomic E-state index is 12.3. The van der Waals surface area contributed by atoms with Crippen LogP contribution in [0.4, 0.5) is 0 Å². The lowest BCUT2D eigenvalue weighted by molar-refractivity contribution is -0.129. The van der Waals surface area contributed by atoms with Crippen LogP contribution < -0.4 is 0 Å². The van der Waals surface area contributed by atoms with Gasteiger partial charge >= 0.3 is 0 Å². The summed E-state index contributed by atoms with van der Waals surface area (Å²) >= 11 is 5.63. The van der Waals surface area contributed by atoms with Crippen LogP contribution in [0.15, 0.2) is 12.1 Å². The lowest BCUT2D eigenvalue weighted by Gasteiger charge is -2.23. The van der Waals surface area contributed by atoms with E-state index in [1.807, 2.05) is 0 Å². The summed E-state index contributed by atoms with van der Waals surface area (Å²) in [4.78, 5) is 26.8. The Bertz CT molecular complexity index is 464. The van der Waals surface area contributed by atoms with Gasteiger partial charge in [0.1, 0.15) is 6.54 Å². The average molecular weight is 301 g/mol. The molecule has 110 valence electrons. The molecule has 20 heavy (non-hydrogen) atoms. The summed E-state index contributed by atoms with van der Waals surface area (Å²) in [5.74, 6) is -0.571. The zero-order valence-electron chi connectivity index (χ0n) is 11.7. The van der Waals surface area contributed by atoms with Crippen molar-refractivity contribution in [1.29, 1.82) is 0 Å². The van der Waals surface area contributed by atoms with Crippen molar-refractivity contribution in [3.63, 3.8) is 0 Å². The molecule has 1 aromatic heterocycles. The molecule has 0 radical (unpaired) electrons. The van der Waals surface area contributed by atoms with E-state index in [2.05, 4.69) is 10.2 Å². The van der Waals surface area contributed by atoms with Crippen molar-refractivity contribution >= 4 is 23.4 Å². The smallest absolute Gasteiger partial charge is 0.274 e. The molecule has 1 rings (SSSR count). The first kappa shape index (κ1) is 16.3. The predicted octanol–water partition coefficient (Wildman–Crippen LogP) is 0.307. The first-order valence-corrected chi connectivity index (χ1v) is 6.31. The molecule has 0 aliphatic rings. The van der Waals surface area contributed by atoms with Gasteiger partial charge in [0.05, 0.1) is 6.61 Å². The lowest BCUT2D eigenvalue weighted by Crippen LogP contribution is -2.42. The van der Waals surface area contributed by atoms with Gasteiger partial charge in [0.2, 0.25) is 5.91 Å². The first-order valence-electron chi connectivity index (χ1n) is 5.93. The number of methoxy groups -OCH3 is 1. The molecular formula is C12H17ClN4O3. The zero-order valence-corrected chi connectivity index (χ0v) is 12.4. The number of likely N-dealkylation sites (N-methyl/N-ethyl adjacent to an activating group) is 1. The van der Waals surface area contributed by atoms with E-state index < -0.39 is 0 Å². The summed E-state index contributed by atoms with van der Waals surface area (Å²) < 4.78 is 4.94. The third-order valence-electron chi connectivity index (χ3n) is 2.53. The normalized spacial score (nSPS) is 10.2. The molecule has 1 heterocycles. The van der Waals surface area contributed by atoms with E-state index in [1.54, 1.807) is 14.1 Å². The largest absolute Gasteiger partial charge is 0.383 e. The number of amides is 2. The monoisotopic (exact) mass is 300 g/mol. The van der Waals surface area contributed by atoms with E-state index in [4.69, 9.17) is 16.3 Å². The Balaban J connectivity index is 2.83. The van der Waals surface area contributed by atoms with Crippen molar-refractivity contribution in [3.8, 4) is 0 Å². The molecule has 0 bridgehead atoms. The number of nitrogens with zero attached hydrogens (tertiary/aromatic N) is 4. The van der Waals surface area contributed by atoms with E-state index in [-0.39, 0.29) is 29.2 Å². The van der Waals surface area contributed by atoms with Crippen molar-refractivity contribution < 1.29 is 14.3 Å². The van der Waals surface area contributed by atoms with Crippen LogP contribution in [0.5, 0.6) is 0 Å². The molecule has 0 aliphatic heterocycles. The van der Waals surface area contributed by atoms with Gasteiger partial charge in [-0.15, -0.1) is 10.2 Å². The summed E-state index contributed by atoms with van der Waals surface area (Å²) in [6.45, 7) is 0.576. The van der Waals surface area contributed by atoms with Crippen LogP contribution in [-0.2, 0) is 9.53 Å². The summed E-state index contributed by atoms with van der Waals surface area (Å²) in [6, 6.07) is 2.95. The summed E-state index contributed by atoms with van der Waals surface area (Å²) in [7, 11) is 4.78. The number of rotatable bonds is 6. The molecule has 0 fully saturated rings. The lowest BCUT2D eigenvalue weighted by atomic mass is 10.3. The Morgan fingerprint density at radius 2 is 2.00 bits per heavy atom. The van der Waals surface area contributed by atoms with E-state index >= 15 is 0 Å². The standard InChI is InChI=1S/C12H17ClN4O3/c1-16(2)11(18)8-17(6-7-20-3)12(19)9-4-5-10(13)15-14-9/h4-5H,6-8H2,1-3H3. The molecule has 0 atom stereocenters. The highest BCUT2D eigenvalue weighted by molar-refractivity contribution is 6.29. The van der Waals surface area contributed by atoms with Gasteiger partial charge in [0.25, 0.3) is 5.91 Å². The van der Waals surface area contributed by atoms with Gasteiger partial charge in [0.15, 0.2) is 10.8 Å². The predicted molar refractivity (Wildman–Crippen MR) is 73.5 cm³/mol. The van der Waals surface area contributed by atoms with E-state index in [9.17, 15) is 9.59 Å². The quantitative estimate of drug-likeness (QED) is 0.755. The molecular weight excluding hydrogens is 284 g/mol. The van der Waals surface area contributed by atoms with Crippen LogP contribution in [0, 0.1) is 0 Å². The maximum Gasteiger partial charge on any atom is 0.274 e. The molecule has 0 saturated heterocycles. The minimum atomic E-state index is -0.388. The maximum absolute atomic E-state index is 12.3. The van der Waals surface area contributed by atoms with Crippen LogP contribution in [0.3, 0.4) is 0 Å². The SMILES string of the molecule is COCCN(CC(=O)N(C)C)C(=O)c1ccc(Cl)nn1. The molecule has 8 heteroatoms. The number of hydrogen-bond acceptors (Lipinski definition) is 5. The highest BCUT2D eigenvalue weighted by Gasteiger charge is 2.20. The van der Waals surface area contributed by atoms with Gasteiger partial charge in [-0.25, -0.2) is 0 Å². The molecule has 0 aliphatic carbocycles. The fourth-order valence-electron chi connectivity index (χ4n) is 1.35. The Labute approximate surface area is 122 Å². The molecule has 0 spiro atoms. The van der Waals surface area contributed by atoms with Crippen molar-refractivity contribution in [2.75, 3.05) is 40.9 Å². The average Bonchev–Trinajstić information content (AvgIpc) is 2.43. The first-order chi connectivity index (χ1) is 9.45. The zero-order chi connectivity index (χ0) is 15.1. The number of halogens is 1. The molecule has 7 nitrogen and oxygen atoms in total. The Hall–Kier alpha value is -1.73. The fraction of sp³-hybridized carbons (Fsp3) is 0.500. The summed E-state index contributed by atoms with van der Waals surface area (Å²) in [5, 5.41) is 7.54. The second-order valence-electron chi connectivity index (χ2n) is 4.25. The third-order valence-corrected chi connectivity index (χ3v) is 2.73. The van der Waals surface area contributed by atoms with Crippen LogP contribution in [0.2, 0.25) is 5.15 Å². The van der Waals surface area contributed by atoms with Gasteiger partial charge in [-0.1, -0.05) is 11.6 Å². The second kappa shape index (κ2) is 7.76. The van der Waals surface area contributed by atoms with E-state index in [0.29, 0.717) is 13.2 Å². The van der Waals surface area contributed by atoms with Crippen molar-refractivity contribution in [3.05, 3.63) is 23.0 Å². The topological polar surface area (TPSA) is 75.6 Å². The number of ether oxygens (including phenoxy) is 1. The van der Waals surface area contributed by atoms with Gasteiger partial charge < -0.3 is 14.5 Å². The van der Waals surface area contributed by atoms with Gasteiger partial charge in [0, 0.05) is 27.7 Å². The minimum Gasteiger partial charge on any atom is -0.383 e. The number of aromatic nitrogens is 2. The van der Waals surface area contributed by atoms with E-state index in [0.717, 1.165) is 0 Å². The Morgan fingerprint density at radius 3 is 2.50 bits per heavy atom. The van der Waals surface area contributed by atoms with Crippen LogP contribution >= 0.6 is 11.6 Å². The number of carbonyl (C=O) groups is 2. The minimum absolute atomic E-state index is 0.0422. The highest BCUT2D eigenvalue weighted by atomic mass is 35.5. The summed E-state index contributed by atoms with van der Waals surface area (Å²) in [6.07, 6.45) is 0. The molecule has 0 N–H and O–H groups in total. The van der Waals surface area contributed by atoms with Crippen molar-refractivity contribution in [1.82, 2.24) is 20.0 Å². The number of carbonyl (C=O) groups excluding carboxylic acids is 2. The van der Waals surface area contributed by atoms with Crippen molar-refractivity contribution in [2.45, 2.75) is 0 Å². The van der Waals surface area contributed by atoms with Crippen LogP contribution in [-0.4, -0.2) is 72.7 Å². The molecule has 2 amide bonds. The molecule has 0 unspecified atom stereocenters. The van der Waals surface area contributed by atoms with Gasteiger partial charge in [-0.2, -0.15) is 0 Å². The molecule has 0 aromatic carbocycles. The van der Waals surface area contributed by atoms with Crippen LogP contribution in [0.25, 0.3) is 0 Å².